The van der Waals surface area contributed by atoms with Crippen molar-refractivity contribution in [2.45, 2.75) is 19.4 Å². The first kappa shape index (κ1) is 17.9. The number of likely N-dealkylation sites (N-methyl/N-ethyl adjacent to an activating group) is 1. The van der Waals surface area contributed by atoms with Crippen molar-refractivity contribution in [3.05, 3.63) is 44.8 Å². The van der Waals surface area contributed by atoms with Gasteiger partial charge in [-0.05, 0) is 29.4 Å². The summed E-state index contributed by atoms with van der Waals surface area (Å²) in [6.07, 6.45) is 0.802. The zero-order chi connectivity index (χ0) is 17.9. The van der Waals surface area contributed by atoms with E-state index in [1.54, 1.807) is 27.7 Å². The summed E-state index contributed by atoms with van der Waals surface area (Å²) in [4.78, 5) is 20.1. The predicted molar refractivity (Wildman–Crippen MR) is 108 cm³/mol. The molecule has 2 aromatic heterocycles. The van der Waals surface area contributed by atoms with Crippen LogP contribution in [0.5, 0.6) is 0 Å². The number of nitrogens with zero attached hydrogens (tertiary/aromatic N) is 4. The molecule has 0 N–H and O–H groups in total. The van der Waals surface area contributed by atoms with Gasteiger partial charge in [-0.2, -0.15) is 5.10 Å². The Morgan fingerprint density at radius 1 is 1.12 bits per heavy atom. The Kier molecular flexibility index (Phi) is 5.49. The van der Waals surface area contributed by atoms with Crippen molar-refractivity contribution < 1.29 is 4.79 Å². The lowest BCUT2D eigenvalue weighted by Gasteiger charge is -2.34. The highest BCUT2D eigenvalue weighted by Crippen LogP contribution is 2.35. The molecule has 138 valence electrons. The summed E-state index contributed by atoms with van der Waals surface area (Å²) in [6, 6.07) is 8.34. The molecule has 4 rings (SSSR count). The fourth-order valence-corrected chi connectivity index (χ4v) is 5.09. The molecule has 0 radical (unpaired) electrons. The van der Waals surface area contributed by atoms with Crippen molar-refractivity contribution in [2.24, 2.45) is 5.10 Å². The Morgan fingerprint density at radius 2 is 1.85 bits per heavy atom. The molecule has 0 aliphatic carbocycles. The van der Waals surface area contributed by atoms with Crippen LogP contribution in [0.2, 0.25) is 0 Å². The molecule has 2 aliphatic rings. The second-order valence-electron chi connectivity index (χ2n) is 6.71. The molecule has 5 nitrogen and oxygen atoms in total. The minimum atomic E-state index is 0.0385. The molecular weight excluding hydrogens is 364 g/mol. The molecule has 0 saturated carbocycles. The van der Waals surface area contributed by atoms with Crippen LogP contribution < -0.4 is 0 Å². The number of thiophene rings is 2. The van der Waals surface area contributed by atoms with Crippen LogP contribution in [0.15, 0.2) is 40.1 Å². The minimum absolute atomic E-state index is 0.0385. The van der Waals surface area contributed by atoms with Gasteiger partial charge in [0.1, 0.15) is 0 Å². The maximum Gasteiger partial charge on any atom is 0.257 e. The summed E-state index contributed by atoms with van der Waals surface area (Å²) in [5.41, 5.74) is 1.03. The first-order chi connectivity index (χ1) is 12.7. The number of carbonyl (C=O) groups excluding carboxylic acids is 1. The summed E-state index contributed by atoms with van der Waals surface area (Å²) in [5, 5.41) is 10.6. The van der Waals surface area contributed by atoms with Crippen molar-refractivity contribution in [2.75, 3.05) is 39.3 Å². The van der Waals surface area contributed by atoms with E-state index in [0.717, 1.165) is 44.9 Å². The van der Waals surface area contributed by atoms with Crippen LogP contribution in [0.4, 0.5) is 0 Å². The SMILES string of the molecule is CCN1CCN(CC(=O)N2N=C(c3cccs3)CC2c2cccs2)CC1. The van der Waals surface area contributed by atoms with Crippen molar-refractivity contribution in [3.63, 3.8) is 0 Å². The molecule has 0 bridgehead atoms. The molecule has 0 aromatic carbocycles. The molecule has 1 atom stereocenters. The molecule has 7 heteroatoms. The van der Waals surface area contributed by atoms with E-state index in [9.17, 15) is 4.79 Å². The molecular formula is C19H24N4OS2. The molecule has 1 fully saturated rings. The smallest absolute Gasteiger partial charge is 0.257 e. The number of hydrazone groups is 1. The maximum absolute atomic E-state index is 13.1. The molecule has 1 saturated heterocycles. The molecule has 2 aliphatic heterocycles. The van der Waals surface area contributed by atoms with Gasteiger partial charge in [0.15, 0.2) is 0 Å². The van der Waals surface area contributed by atoms with E-state index < -0.39 is 0 Å². The van der Waals surface area contributed by atoms with Gasteiger partial charge in [0.25, 0.3) is 5.91 Å². The Morgan fingerprint density at radius 3 is 2.50 bits per heavy atom. The number of carbonyl (C=O) groups is 1. The van der Waals surface area contributed by atoms with Gasteiger partial charge < -0.3 is 4.90 Å². The monoisotopic (exact) mass is 388 g/mol. The Hall–Kier alpha value is -1.54. The van der Waals surface area contributed by atoms with E-state index in [4.69, 9.17) is 5.10 Å². The van der Waals surface area contributed by atoms with Crippen LogP contribution in [0.25, 0.3) is 0 Å². The van der Waals surface area contributed by atoms with Gasteiger partial charge in [0, 0.05) is 37.5 Å². The number of rotatable bonds is 5. The lowest BCUT2D eigenvalue weighted by molar-refractivity contribution is -0.134. The highest BCUT2D eigenvalue weighted by Gasteiger charge is 2.34. The van der Waals surface area contributed by atoms with Gasteiger partial charge >= 0.3 is 0 Å². The van der Waals surface area contributed by atoms with Gasteiger partial charge in [-0.15, -0.1) is 22.7 Å². The first-order valence-corrected chi connectivity index (χ1v) is 10.9. The molecule has 1 amide bonds. The van der Waals surface area contributed by atoms with E-state index in [1.807, 2.05) is 6.07 Å². The highest BCUT2D eigenvalue weighted by atomic mass is 32.1. The van der Waals surface area contributed by atoms with E-state index in [1.165, 1.54) is 9.75 Å². The molecule has 4 heterocycles. The van der Waals surface area contributed by atoms with Gasteiger partial charge in [0.2, 0.25) is 0 Å². The molecule has 2 aromatic rings. The Labute approximate surface area is 162 Å². The third-order valence-corrected chi connectivity index (χ3v) is 7.01. The van der Waals surface area contributed by atoms with Crippen molar-refractivity contribution in [1.29, 1.82) is 0 Å². The molecule has 26 heavy (non-hydrogen) atoms. The van der Waals surface area contributed by atoms with Crippen LogP contribution in [0, 0.1) is 0 Å². The summed E-state index contributed by atoms with van der Waals surface area (Å²) < 4.78 is 0. The number of amides is 1. The second kappa shape index (κ2) is 8.00. The zero-order valence-electron chi connectivity index (χ0n) is 15.0. The highest BCUT2D eigenvalue weighted by molar-refractivity contribution is 7.12. The maximum atomic E-state index is 13.1. The van der Waals surface area contributed by atoms with Crippen molar-refractivity contribution >= 4 is 34.3 Å². The average molecular weight is 389 g/mol. The number of hydrogen-bond donors (Lipinski definition) is 0. The molecule has 0 spiro atoms. The van der Waals surface area contributed by atoms with Crippen LogP contribution in [0.1, 0.15) is 29.1 Å². The van der Waals surface area contributed by atoms with E-state index in [2.05, 4.69) is 45.7 Å². The largest absolute Gasteiger partial charge is 0.301 e. The van der Waals surface area contributed by atoms with Crippen LogP contribution in [-0.4, -0.2) is 65.7 Å². The van der Waals surface area contributed by atoms with Gasteiger partial charge in [-0.25, -0.2) is 5.01 Å². The first-order valence-electron chi connectivity index (χ1n) is 9.16. The van der Waals surface area contributed by atoms with Gasteiger partial charge in [-0.1, -0.05) is 19.1 Å². The fraction of sp³-hybridized carbons (Fsp3) is 0.474. The van der Waals surface area contributed by atoms with Crippen molar-refractivity contribution in [1.82, 2.24) is 14.8 Å². The van der Waals surface area contributed by atoms with E-state index in [0.29, 0.717) is 6.54 Å². The normalized spacial score (nSPS) is 22.0. The predicted octanol–water partition coefficient (Wildman–Crippen LogP) is 3.12. The van der Waals surface area contributed by atoms with E-state index >= 15 is 0 Å². The second-order valence-corrected chi connectivity index (χ2v) is 8.64. The zero-order valence-corrected chi connectivity index (χ0v) is 16.6. The molecule has 1 unspecified atom stereocenters. The summed E-state index contributed by atoms with van der Waals surface area (Å²) in [6.45, 7) is 7.74. The topological polar surface area (TPSA) is 39.1 Å². The fourth-order valence-electron chi connectivity index (χ4n) is 3.56. The summed E-state index contributed by atoms with van der Waals surface area (Å²) in [7, 11) is 0. The lowest BCUT2D eigenvalue weighted by Crippen LogP contribution is -2.49. The van der Waals surface area contributed by atoms with Crippen LogP contribution in [0.3, 0.4) is 0 Å². The quantitative estimate of drug-likeness (QED) is 0.790. The standard InChI is InChI=1S/C19H24N4OS2/c1-2-21-7-9-22(10-8-21)14-19(24)23-16(18-6-4-12-26-18)13-15(20-23)17-5-3-11-25-17/h3-6,11-12,16H,2,7-10,13-14H2,1H3. The lowest BCUT2D eigenvalue weighted by atomic mass is 10.1. The van der Waals surface area contributed by atoms with Crippen LogP contribution >= 0.6 is 22.7 Å². The third kappa shape index (κ3) is 3.76. The summed E-state index contributed by atoms with van der Waals surface area (Å²) >= 11 is 3.40. The summed E-state index contributed by atoms with van der Waals surface area (Å²) in [5.74, 6) is 0.111. The van der Waals surface area contributed by atoms with E-state index in [-0.39, 0.29) is 11.9 Å². The minimum Gasteiger partial charge on any atom is -0.301 e. The van der Waals surface area contributed by atoms with Crippen molar-refractivity contribution in [3.8, 4) is 0 Å². The Balaban J connectivity index is 1.48. The number of piperazine rings is 1. The Bertz CT molecular complexity index is 749. The average Bonchev–Trinajstić information content (AvgIpc) is 3.42. The number of hydrogen-bond acceptors (Lipinski definition) is 6. The van der Waals surface area contributed by atoms with Gasteiger partial charge in [-0.3, -0.25) is 9.69 Å². The third-order valence-electron chi connectivity index (χ3n) is 5.11. The van der Waals surface area contributed by atoms with Gasteiger partial charge in [0.05, 0.1) is 23.2 Å². The van der Waals surface area contributed by atoms with Crippen LogP contribution in [-0.2, 0) is 4.79 Å².